The van der Waals surface area contributed by atoms with E-state index >= 15 is 4.39 Å². The molecule has 5 aromatic carbocycles. The Bertz CT molecular complexity index is 2290. The number of carbonyl (C=O) groups is 5. The Balaban J connectivity index is 0.998. The van der Waals surface area contributed by atoms with E-state index in [-0.39, 0.29) is 66.3 Å². The summed E-state index contributed by atoms with van der Waals surface area (Å²) in [5, 5.41) is 17.9. The van der Waals surface area contributed by atoms with Crippen molar-refractivity contribution >= 4 is 80.3 Å². The first-order chi connectivity index (χ1) is 23.7. The normalized spacial score (nSPS) is 17.2. The van der Waals surface area contributed by atoms with Gasteiger partial charge in [0.15, 0.2) is 5.82 Å². The number of nitrogens with zero attached hydrogens (tertiary/aromatic N) is 2. The predicted molar refractivity (Wildman–Crippen MR) is 183 cm³/mol. The fraction of sp³-hybridized carbons (Fsp3) is 0.139. The van der Waals surface area contributed by atoms with Gasteiger partial charge in [0.1, 0.15) is 24.0 Å². The van der Waals surface area contributed by atoms with Crippen LogP contribution >= 0.6 is 12.1 Å². The van der Waals surface area contributed by atoms with Crippen molar-refractivity contribution in [2.45, 2.75) is 25.3 Å². The van der Waals surface area contributed by atoms with Crippen LogP contribution in [-0.4, -0.2) is 47.2 Å². The van der Waals surface area contributed by atoms with Crippen LogP contribution in [0.5, 0.6) is 5.75 Å². The van der Waals surface area contributed by atoms with Gasteiger partial charge in [-0.2, -0.15) is 0 Å². The van der Waals surface area contributed by atoms with E-state index in [1.165, 1.54) is 21.3 Å². The van der Waals surface area contributed by atoms with Gasteiger partial charge in [0.2, 0.25) is 17.7 Å². The number of hydrogen-bond donors (Lipinski definition) is 4. The first-order valence-electron chi connectivity index (χ1n) is 15.5. The van der Waals surface area contributed by atoms with Crippen LogP contribution in [0.2, 0.25) is 0 Å². The molecule has 244 valence electrons. The first kappa shape index (κ1) is 30.4. The molecular weight excluding hydrogens is 649 g/mol. The third-order valence-electron chi connectivity index (χ3n) is 9.00. The highest BCUT2D eigenvalue weighted by molar-refractivity contribution is 7.99. The van der Waals surface area contributed by atoms with E-state index in [0.29, 0.717) is 22.3 Å². The van der Waals surface area contributed by atoms with Crippen LogP contribution in [0.3, 0.4) is 0 Å². The van der Waals surface area contributed by atoms with Crippen LogP contribution in [0.1, 0.15) is 28.8 Å². The quantitative estimate of drug-likeness (QED) is 0.146. The number of fused-ring (bicyclic) bond motifs is 1. The molecule has 13 heteroatoms. The zero-order valence-electron chi connectivity index (χ0n) is 25.6. The molecule has 8 rings (SSSR count). The smallest absolute Gasteiger partial charge is 0.259 e. The fourth-order valence-electron chi connectivity index (χ4n) is 6.77. The fourth-order valence-corrected chi connectivity index (χ4v) is 7.49. The van der Waals surface area contributed by atoms with Crippen molar-refractivity contribution in [3.05, 3.63) is 95.8 Å². The van der Waals surface area contributed by atoms with Crippen molar-refractivity contribution in [2.75, 3.05) is 21.1 Å². The Labute approximate surface area is 282 Å². The van der Waals surface area contributed by atoms with Gasteiger partial charge in [0.25, 0.3) is 11.8 Å². The Morgan fingerprint density at radius 2 is 1.76 bits per heavy atom. The van der Waals surface area contributed by atoms with Crippen LogP contribution in [0, 0.1) is 5.82 Å². The molecule has 3 heterocycles. The average molecular weight is 676 g/mol. The number of benzene rings is 5. The lowest BCUT2D eigenvalue weighted by Gasteiger charge is -2.30. The number of nitrogens with one attached hydrogen (secondary N) is 3. The van der Waals surface area contributed by atoms with Crippen molar-refractivity contribution < 1.29 is 33.5 Å². The van der Waals surface area contributed by atoms with Gasteiger partial charge in [-0.05, 0) is 70.3 Å². The topological polar surface area (TPSA) is 148 Å². The number of aromatic hydroxyl groups is 1. The molecule has 4 N–H and O–H groups in total. The number of halogens is 1. The summed E-state index contributed by atoms with van der Waals surface area (Å²) in [5.41, 5.74) is 4.00. The monoisotopic (exact) mass is 675 g/mol. The SMILES string of the molecule is O=C1CN(c2c(O)cc3cc(NC(=O)Cc4ccc(-c5ccc6c7c(cccc57)C(=O)N6[C@H]5CCC(=O)NC5=O)cc4)ccc3c2F)SN1. The number of piperidine rings is 1. The molecule has 3 aliphatic heterocycles. The summed E-state index contributed by atoms with van der Waals surface area (Å²) in [7, 11) is 0. The molecule has 0 aliphatic carbocycles. The van der Waals surface area contributed by atoms with E-state index < -0.39 is 17.8 Å². The van der Waals surface area contributed by atoms with Gasteiger partial charge in [0.05, 0.1) is 24.2 Å². The standard InChI is InChI=1S/C36H26FN5O6S/c37-33-23-9-8-21(15-20(23)16-28(43)34(33)41-17-31(46)40-49-41)38-30(45)14-18-4-6-19(7-5-18)22-10-11-26-32-24(22)2-1-3-25(32)36(48)42(26)27-12-13-29(44)39-35(27)47/h1-11,15-16,27,43H,12-14,17H2,(H,38,45)(H,40,46)(H,39,44,47)/t27-/m0/s1. The maximum absolute atomic E-state index is 15.3. The van der Waals surface area contributed by atoms with E-state index in [1.807, 2.05) is 48.5 Å². The number of anilines is 3. The largest absolute Gasteiger partial charge is 0.506 e. The summed E-state index contributed by atoms with van der Waals surface area (Å²) in [5.74, 6) is -2.68. The molecule has 5 aromatic rings. The maximum atomic E-state index is 15.3. The zero-order valence-corrected chi connectivity index (χ0v) is 26.4. The zero-order chi connectivity index (χ0) is 34.0. The van der Waals surface area contributed by atoms with Crippen LogP contribution in [0.4, 0.5) is 21.5 Å². The summed E-state index contributed by atoms with van der Waals surface area (Å²) in [4.78, 5) is 63.9. The van der Waals surface area contributed by atoms with Crippen LogP contribution in [-0.2, 0) is 25.6 Å². The molecule has 0 radical (unpaired) electrons. The van der Waals surface area contributed by atoms with Crippen LogP contribution in [0.15, 0.2) is 78.9 Å². The molecule has 49 heavy (non-hydrogen) atoms. The number of phenols is 1. The van der Waals surface area contributed by atoms with E-state index in [9.17, 15) is 29.1 Å². The minimum Gasteiger partial charge on any atom is -0.506 e. The minimum absolute atomic E-state index is 0.0727. The number of amides is 5. The van der Waals surface area contributed by atoms with E-state index in [0.717, 1.165) is 39.6 Å². The van der Waals surface area contributed by atoms with Gasteiger partial charge >= 0.3 is 0 Å². The van der Waals surface area contributed by atoms with Gasteiger partial charge < -0.3 is 10.4 Å². The summed E-state index contributed by atoms with van der Waals surface area (Å²) >= 11 is 0.903. The van der Waals surface area contributed by atoms with Crippen molar-refractivity contribution in [1.29, 1.82) is 0 Å². The number of carbonyl (C=O) groups excluding carboxylic acids is 5. The molecule has 0 saturated carbocycles. The average Bonchev–Trinajstić information content (AvgIpc) is 3.62. The second-order valence-electron chi connectivity index (χ2n) is 12.1. The lowest BCUT2D eigenvalue weighted by atomic mass is 9.95. The van der Waals surface area contributed by atoms with Crippen molar-refractivity contribution in [3.8, 4) is 16.9 Å². The van der Waals surface area contributed by atoms with E-state index in [4.69, 9.17) is 0 Å². The predicted octanol–water partition coefficient (Wildman–Crippen LogP) is 4.95. The molecule has 0 spiro atoms. The number of hydrogen-bond acceptors (Lipinski definition) is 8. The van der Waals surface area contributed by atoms with Gasteiger partial charge in [-0.3, -0.25) is 43.2 Å². The lowest BCUT2D eigenvalue weighted by molar-refractivity contribution is -0.134. The number of imide groups is 1. The van der Waals surface area contributed by atoms with Crippen LogP contribution in [0.25, 0.3) is 32.7 Å². The van der Waals surface area contributed by atoms with Crippen LogP contribution < -0.4 is 24.6 Å². The van der Waals surface area contributed by atoms with E-state index in [2.05, 4.69) is 15.4 Å². The molecule has 11 nitrogen and oxygen atoms in total. The molecule has 2 fully saturated rings. The van der Waals surface area contributed by atoms with Gasteiger partial charge in [-0.25, -0.2) is 4.39 Å². The molecule has 0 unspecified atom stereocenters. The summed E-state index contributed by atoms with van der Waals surface area (Å²) in [6, 6.07) is 22.0. The number of phenolic OH excluding ortho intramolecular Hbond substituents is 1. The maximum Gasteiger partial charge on any atom is 0.259 e. The van der Waals surface area contributed by atoms with Crippen molar-refractivity contribution in [2.24, 2.45) is 0 Å². The highest BCUT2D eigenvalue weighted by Crippen LogP contribution is 2.44. The Morgan fingerprint density at radius 3 is 2.51 bits per heavy atom. The van der Waals surface area contributed by atoms with E-state index in [1.54, 1.807) is 18.2 Å². The lowest BCUT2D eigenvalue weighted by Crippen LogP contribution is -2.53. The molecule has 1 atom stereocenters. The summed E-state index contributed by atoms with van der Waals surface area (Å²) in [6.07, 6.45) is 0.493. The third kappa shape index (κ3) is 5.19. The van der Waals surface area contributed by atoms with Gasteiger partial charge in [-0.15, -0.1) is 0 Å². The minimum atomic E-state index is -0.766. The van der Waals surface area contributed by atoms with Crippen molar-refractivity contribution in [3.63, 3.8) is 0 Å². The highest BCUT2D eigenvalue weighted by atomic mass is 32.2. The summed E-state index contributed by atoms with van der Waals surface area (Å²) in [6.45, 7) is -0.0915. The Kier molecular flexibility index (Phi) is 7.21. The third-order valence-corrected chi connectivity index (χ3v) is 9.85. The molecule has 0 bridgehead atoms. The second-order valence-corrected chi connectivity index (χ2v) is 12.9. The van der Waals surface area contributed by atoms with Gasteiger partial charge in [-0.1, -0.05) is 42.5 Å². The molecule has 2 saturated heterocycles. The summed E-state index contributed by atoms with van der Waals surface area (Å²) < 4.78 is 19.2. The Hall–Kier alpha value is -5.95. The first-order valence-corrected chi connectivity index (χ1v) is 16.2. The number of rotatable bonds is 6. The highest BCUT2D eigenvalue weighted by Gasteiger charge is 2.41. The second kappa shape index (κ2) is 11.6. The Morgan fingerprint density at radius 1 is 0.939 bits per heavy atom. The molecule has 5 amide bonds. The molecule has 0 aromatic heterocycles. The molecule has 3 aliphatic rings. The van der Waals surface area contributed by atoms with Gasteiger partial charge in [0, 0.05) is 28.4 Å². The van der Waals surface area contributed by atoms with Crippen molar-refractivity contribution in [1.82, 2.24) is 10.0 Å². The molecular formula is C36H26FN5O6S.